The summed E-state index contributed by atoms with van der Waals surface area (Å²) in [5.41, 5.74) is 3.44. The molecule has 1 fully saturated rings. The highest BCUT2D eigenvalue weighted by molar-refractivity contribution is 6.30. The monoisotopic (exact) mass is 423 g/mol. The van der Waals surface area contributed by atoms with Crippen LogP contribution in [0.1, 0.15) is 41.2 Å². The first-order valence-corrected chi connectivity index (χ1v) is 10.7. The molecular weight excluding hydrogens is 398 g/mol. The number of ether oxygens (including phenoxy) is 1. The normalized spacial score (nSPS) is 16.9. The van der Waals surface area contributed by atoms with Crippen molar-refractivity contribution in [3.05, 3.63) is 70.9 Å². The van der Waals surface area contributed by atoms with Crippen molar-refractivity contribution < 1.29 is 9.53 Å². The quantitative estimate of drug-likeness (QED) is 0.582. The third kappa shape index (κ3) is 4.21. The molecule has 5 nitrogen and oxygen atoms in total. The van der Waals surface area contributed by atoms with Gasteiger partial charge in [0.15, 0.2) is 0 Å². The Labute approximate surface area is 182 Å². The van der Waals surface area contributed by atoms with Crippen LogP contribution in [-0.2, 0) is 7.05 Å². The summed E-state index contributed by atoms with van der Waals surface area (Å²) in [6, 6.07) is 17.6. The minimum absolute atomic E-state index is 0.0204. The van der Waals surface area contributed by atoms with Gasteiger partial charge in [-0.05, 0) is 48.7 Å². The molecule has 3 aromatic rings. The molecule has 1 aliphatic rings. The van der Waals surface area contributed by atoms with Crippen LogP contribution < -0.4 is 4.74 Å². The Hall–Kier alpha value is -2.79. The number of amides is 1. The molecule has 1 unspecified atom stereocenters. The van der Waals surface area contributed by atoms with Crippen molar-refractivity contribution in [2.75, 3.05) is 20.2 Å². The summed E-state index contributed by atoms with van der Waals surface area (Å²) in [6.45, 7) is 1.47. The van der Waals surface area contributed by atoms with Gasteiger partial charge >= 0.3 is 0 Å². The number of para-hydroxylation sites is 1. The Morgan fingerprint density at radius 3 is 2.67 bits per heavy atom. The number of carbonyl (C=O) groups excluding carboxylic acids is 1. The molecular formula is C24H26ClN3O2. The second-order valence-electron chi connectivity index (χ2n) is 7.73. The lowest BCUT2D eigenvalue weighted by atomic mass is 9.94. The van der Waals surface area contributed by atoms with Crippen LogP contribution in [0.3, 0.4) is 0 Å². The minimum atomic E-state index is 0.0204. The van der Waals surface area contributed by atoms with E-state index in [0.717, 1.165) is 47.8 Å². The molecule has 30 heavy (non-hydrogen) atoms. The lowest BCUT2D eigenvalue weighted by Gasteiger charge is -2.25. The second kappa shape index (κ2) is 8.92. The third-order valence-corrected chi connectivity index (χ3v) is 6.03. The van der Waals surface area contributed by atoms with Gasteiger partial charge in [0.25, 0.3) is 5.91 Å². The van der Waals surface area contributed by atoms with Gasteiger partial charge in [0.05, 0.1) is 12.8 Å². The molecule has 156 valence electrons. The molecule has 1 atom stereocenters. The largest absolute Gasteiger partial charge is 0.496 e. The van der Waals surface area contributed by atoms with Crippen LogP contribution in [0, 0.1) is 0 Å². The number of likely N-dealkylation sites (tertiary alicyclic amines) is 1. The fourth-order valence-electron chi connectivity index (χ4n) is 4.15. The van der Waals surface area contributed by atoms with Gasteiger partial charge in [-0.15, -0.1) is 0 Å². The summed E-state index contributed by atoms with van der Waals surface area (Å²) in [4.78, 5) is 15.4. The van der Waals surface area contributed by atoms with Crippen molar-refractivity contribution in [1.29, 1.82) is 0 Å². The lowest BCUT2D eigenvalue weighted by molar-refractivity contribution is 0.0743. The highest BCUT2D eigenvalue weighted by Gasteiger charge is 2.26. The molecule has 1 amide bonds. The summed E-state index contributed by atoms with van der Waals surface area (Å²) < 4.78 is 7.13. The smallest absolute Gasteiger partial charge is 0.272 e. The minimum Gasteiger partial charge on any atom is -0.496 e. The molecule has 0 radical (unpaired) electrons. The highest BCUT2D eigenvalue weighted by Crippen LogP contribution is 2.31. The predicted molar refractivity (Wildman–Crippen MR) is 119 cm³/mol. The van der Waals surface area contributed by atoms with Crippen LogP contribution in [-0.4, -0.2) is 40.8 Å². The fourth-order valence-corrected chi connectivity index (χ4v) is 4.28. The van der Waals surface area contributed by atoms with Crippen molar-refractivity contribution in [3.8, 4) is 17.0 Å². The zero-order valence-electron chi connectivity index (χ0n) is 17.3. The number of rotatable bonds is 4. The van der Waals surface area contributed by atoms with Crippen molar-refractivity contribution in [2.24, 2.45) is 7.05 Å². The predicted octanol–water partition coefficient (Wildman–Crippen LogP) is 5.16. The van der Waals surface area contributed by atoms with Crippen molar-refractivity contribution >= 4 is 17.5 Å². The van der Waals surface area contributed by atoms with Crippen molar-refractivity contribution in [3.63, 3.8) is 0 Å². The zero-order valence-corrected chi connectivity index (χ0v) is 18.1. The van der Waals surface area contributed by atoms with Gasteiger partial charge in [-0.25, -0.2) is 0 Å². The number of benzene rings is 2. The average Bonchev–Trinajstić information content (AvgIpc) is 2.98. The summed E-state index contributed by atoms with van der Waals surface area (Å²) in [6.07, 6.45) is 3.19. The standard InChI is InChI=1S/C24H26ClN3O2/c1-27-22(15-21(26-27)20-8-3-4-9-23(20)30-2)24(29)28-14-6-5-7-18(16-28)17-10-12-19(25)13-11-17/h3-4,8-13,15,18H,5-7,14,16H2,1-2H3. The van der Waals surface area contributed by atoms with Crippen LogP contribution in [0.25, 0.3) is 11.3 Å². The first-order valence-electron chi connectivity index (χ1n) is 10.3. The number of aromatic nitrogens is 2. The Morgan fingerprint density at radius 2 is 1.90 bits per heavy atom. The summed E-state index contributed by atoms with van der Waals surface area (Å²) in [5, 5.41) is 5.33. The summed E-state index contributed by atoms with van der Waals surface area (Å²) in [5.74, 6) is 1.08. The van der Waals surface area contributed by atoms with E-state index < -0.39 is 0 Å². The topological polar surface area (TPSA) is 47.4 Å². The molecule has 1 saturated heterocycles. The third-order valence-electron chi connectivity index (χ3n) is 5.78. The molecule has 0 spiro atoms. The second-order valence-corrected chi connectivity index (χ2v) is 8.17. The van der Waals surface area contributed by atoms with E-state index in [1.165, 1.54) is 5.56 Å². The Morgan fingerprint density at radius 1 is 1.13 bits per heavy atom. The van der Waals surface area contributed by atoms with Gasteiger partial charge in [0, 0.05) is 36.6 Å². The Kier molecular flexibility index (Phi) is 6.09. The van der Waals surface area contributed by atoms with Gasteiger partial charge in [0.1, 0.15) is 11.4 Å². The molecule has 0 bridgehead atoms. The van der Waals surface area contributed by atoms with Gasteiger partial charge in [-0.3, -0.25) is 9.48 Å². The summed E-state index contributed by atoms with van der Waals surface area (Å²) in [7, 11) is 3.46. The van der Waals surface area contributed by atoms with Crippen LogP contribution >= 0.6 is 11.6 Å². The van der Waals surface area contributed by atoms with Crippen LogP contribution in [0.4, 0.5) is 0 Å². The van der Waals surface area contributed by atoms with Crippen LogP contribution in [0.15, 0.2) is 54.6 Å². The molecule has 0 saturated carbocycles. The van der Waals surface area contributed by atoms with E-state index in [-0.39, 0.29) is 5.91 Å². The number of methoxy groups -OCH3 is 1. The summed E-state index contributed by atoms with van der Waals surface area (Å²) >= 11 is 6.05. The maximum Gasteiger partial charge on any atom is 0.272 e. The van der Waals surface area contributed by atoms with E-state index in [1.54, 1.807) is 11.8 Å². The number of hydrogen-bond donors (Lipinski definition) is 0. The molecule has 4 rings (SSSR count). The van der Waals surface area contributed by atoms with E-state index in [0.29, 0.717) is 18.2 Å². The molecule has 0 N–H and O–H groups in total. The van der Waals surface area contributed by atoms with Gasteiger partial charge in [-0.2, -0.15) is 5.10 Å². The molecule has 6 heteroatoms. The fraction of sp³-hybridized carbons (Fsp3) is 0.333. The number of halogens is 1. The maximum atomic E-state index is 13.4. The SMILES string of the molecule is COc1ccccc1-c1cc(C(=O)N2CCCCC(c3ccc(Cl)cc3)C2)n(C)n1. The molecule has 1 aromatic heterocycles. The van der Waals surface area contributed by atoms with Crippen LogP contribution in [0.5, 0.6) is 5.75 Å². The number of carbonyl (C=O) groups is 1. The Bertz CT molecular complexity index is 1030. The first-order chi connectivity index (χ1) is 14.6. The van der Waals surface area contributed by atoms with Gasteiger partial charge in [0.2, 0.25) is 0 Å². The molecule has 1 aliphatic heterocycles. The van der Waals surface area contributed by atoms with E-state index in [4.69, 9.17) is 16.3 Å². The van der Waals surface area contributed by atoms with Crippen LogP contribution in [0.2, 0.25) is 5.02 Å². The van der Waals surface area contributed by atoms with E-state index in [1.807, 2.05) is 54.4 Å². The van der Waals surface area contributed by atoms with E-state index >= 15 is 0 Å². The first kappa shape index (κ1) is 20.5. The number of nitrogens with zero attached hydrogens (tertiary/aromatic N) is 3. The lowest BCUT2D eigenvalue weighted by Crippen LogP contribution is -2.35. The number of aryl methyl sites for hydroxylation is 1. The molecule has 2 heterocycles. The molecule has 0 aliphatic carbocycles. The average molecular weight is 424 g/mol. The highest BCUT2D eigenvalue weighted by atomic mass is 35.5. The van der Waals surface area contributed by atoms with Gasteiger partial charge in [-0.1, -0.05) is 42.3 Å². The van der Waals surface area contributed by atoms with Gasteiger partial charge < -0.3 is 9.64 Å². The van der Waals surface area contributed by atoms with Crippen molar-refractivity contribution in [2.45, 2.75) is 25.2 Å². The molecule has 2 aromatic carbocycles. The van der Waals surface area contributed by atoms with Crippen molar-refractivity contribution in [1.82, 2.24) is 14.7 Å². The van der Waals surface area contributed by atoms with E-state index in [2.05, 4.69) is 17.2 Å². The zero-order chi connectivity index (χ0) is 21.1. The number of hydrogen-bond acceptors (Lipinski definition) is 3. The maximum absolute atomic E-state index is 13.4. The Balaban J connectivity index is 1.59. The van der Waals surface area contributed by atoms with E-state index in [9.17, 15) is 4.79 Å².